The topological polar surface area (TPSA) is 81.7 Å². The zero-order valence-electron chi connectivity index (χ0n) is 12.2. The van der Waals surface area contributed by atoms with E-state index < -0.39 is 17.7 Å². The second-order valence-electron chi connectivity index (χ2n) is 5.28. The van der Waals surface area contributed by atoms with Gasteiger partial charge in [0.1, 0.15) is 5.60 Å². The van der Waals surface area contributed by atoms with Crippen molar-refractivity contribution in [2.45, 2.75) is 58.6 Å². The van der Waals surface area contributed by atoms with Crippen molar-refractivity contribution in [1.29, 1.82) is 0 Å². The Morgan fingerprint density at radius 1 is 1.21 bits per heavy atom. The molecule has 0 aliphatic carbocycles. The number of methoxy groups -OCH3 is 1. The van der Waals surface area contributed by atoms with Crippen molar-refractivity contribution < 1.29 is 23.9 Å². The molecule has 1 N–H and O–H groups in total. The molecule has 0 aromatic rings. The highest BCUT2D eigenvalue weighted by atomic mass is 16.6. The van der Waals surface area contributed by atoms with Crippen LogP contribution in [0, 0.1) is 0 Å². The SMILES string of the molecule is COC(=O)CCCC(NC(=O)OC(C)(C)C)C(C)=O. The van der Waals surface area contributed by atoms with E-state index in [0.29, 0.717) is 12.8 Å². The highest BCUT2D eigenvalue weighted by molar-refractivity contribution is 5.85. The summed E-state index contributed by atoms with van der Waals surface area (Å²) in [5, 5.41) is 2.50. The Morgan fingerprint density at radius 3 is 2.21 bits per heavy atom. The van der Waals surface area contributed by atoms with Gasteiger partial charge >= 0.3 is 12.1 Å². The van der Waals surface area contributed by atoms with Crippen molar-refractivity contribution in [3.63, 3.8) is 0 Å². The Bertz CT molecular complexity index is 332. The molecule has 0 heterocycles. The van der Waals surface area contributed by atoms with Gasteiger partial charge < -0.3 is 14.8 Å². The Hall–Kier alpha value is -1.59. The zero-order valence-corrected chi connectivity index (χ0v) is 12.2. The second-order valence-corrected chi connectivity index (χ2v) is 5.28. The summed E-state index contributed by atoms with van der Waals surface area (Å²) in [6.07, 6.45) is 0.429. The molecule has 19 heavy (non-hydrogen) atoms. The molecule has 0 aromatic carbocycles. The number of hydrogen-bond acceptors (Lipinski definition) is 5. The van der Waals surface area contributed by atoms with E-state index in [-0.39, 0.29) is 18.2 Å². The maximum atomic E-state index is 11.5. The van der Waals surface area contributed by atoms with E-state index in [1.54, 1.807) is 20.8 Å². The molecule has 0 radical (unpaired) electrons. The number of ether oxygens (including phenoxy) is 2. The monoisotopic (exact) mass is 273 g/mol. The number of carbonyl (C=O) groups is 3. The van der Waals surface area contributed by atoms with Crippen LogP contribution >= 0.6 is 0 Å². The third kappa shape index (κ3) is 9.04. The summed E-state index contributed by atoms with van der Waals surface area (Å²) in [6, 6.07) is -0.639. The normalized spacial score (nSPS) is 12.5. The summed E-state index contributed by atoms with van der Waals surface area (Å²) in [5.41, 5.74) is -0.614. The molecule has 0 rings (SSSR count). The van der Waals surface area contributed by atoms with Crippen LogP contribution in [0.4, 0.5) is 4.79 Å². The number of ketones is 1. The number of carbonyl (C=O) groups excluding carboxylic acids is 3. The van der Waals surface area contributed by atoms with Gasteiger partial charge in [0.25, 0.3) is 0 Å². The number of amides is 1. The van der Waals surface area contributed by atoms with Gasteiger partial charge in [-0.3, -0.25) is 9.59 Å². The maximum absolute atomic E-state index is 11.5. The Kier molecular flexibility index (Phi) is 7.11. The lowest BCUT2D eigenvalue weighted by molar-refractivity contribution is -0.140. The van der Waals surface area contributed by atoms with Crippen LogP contribution in [0.3, 0.4) is 0 Å². The first-order valence-corrected chi connectivity index (χ1v) is 6.22. The van der Waals surface area contributed by atoms with Crippen LogP contribution in [-0.4, -0.2) is 36.6 Å². The highest BCUT2D eigenvalue weighted by Gasteiger charge is 2.21. The minimum Gasteiger partial charge on any atom is -0.469 e. The average Bonchev–Trinajstić information content (AvgIpc) is 2.24. The summed E-state index contributed by atoms with van der Waals surface area (Å²) in [6.45, 7) is 6.62. The first kappa shape index (κ1) is 17.4. The fraction of sp³-hybridized carbons (Fsp3) is 0.769. The summed E-state index contributed by atoms with van der Waals surface area (Å²) in [7, 11) is 1.31. The highest BCUT2D eigenvalue weighted by Crippen LogP contribution is 2.08. The van der Waals surface area contributed by atoms with Crippen LogP contribution in [0.1, 0.15) is 47.0 Å². The van der Waals surface area contributed by atoms with Crippen molar-refractivity contribution in [3.8, 4) is 0 Å². The molecule has 0 saturated heterocycles. The van der Waals surface area contributed by atoms with Gasteiger partial charge in [-0.05, 0) is 40.5 Å². The molecule has 1 atom stereocenters. The van der Waals surface area contributed by atoms with Crippen LogP contribution in [0.25, 0.3) is 0 Å². The largest absolute Gasteiger partial charge is 0.469 e. The summed E-state index contributed by atoms with van der Waals surface area (Å²) in [4.78, 5) is 33.9. The molecule has 6 nitrogen and oxygen atoms in total. The number of esters is 1. The third-order valence-corrected chi connectivity index (χ3v) is 2.28. The first-order valence-electron chi connectivity index (χ1n) is 6.22. The molecule has 0 spiro atoms. The molecule has 0 aliphatic rings. The molecule has 0 aliphatic heterocycles. The number of Topliss-reactive ketones (excluding diaryl/α,β-unsaturated/α-hetero) is 1. The van der Waals surface area contributed by atoms with Crippen LogP contribution in [-0.2, 0) is 19.1 Å². The van der Waals surface area contributed by atoms with E-state index in [2.05, 4.69) is 10.1 Å². The smallest absolute Gasteiger partial charge is 0.408 e. The fourth-order valence-electron chi connectivity index (χ4n) is 1.38. The van der Waals surface area contributed by atoms with Crippen LogP contribution in [0.2, 0.25) is 0 Å². The molecule has 0 bridgehead atoms. The molecule has 0 aromatic heterocycles. The lowest BCUT2D eigenvalue weighted by Gasteiger charge is -2.22. The van der Waals surface area contributed by atoms with Crippen molar-refractivity contribution in [3.05, 3.63) is 0 Å². The lowest BCUT2D eigenvalue weighted by Crippen LogP contribution is -2.42. The summed E-state index contributed by atoms with van der Waals surface area (Å²) < 4.78 is 9.58. The average molecular weight is 273 g/mol. The van der Waals surface area contributed by atoms with Gasteiger partial charge in [-0.25, -0.2) is 4.79 Å². The van der Waals surface area contributed by atoms with Crippen LogP contribution in [0.5, 0.6) is 0 Å². The molecule has 6 heteroatoms. The van der Waals surface area contributed by atoms with E-state index in [9.17, 15) is 14.4 Å². The Balaban J connectivity index is 4.23. The van der Waals surface area contributed by atoms with Gasteiger partial charge in [0, 0.05) is 6.42 Å². The standard InChI is InChI=1S/C13H23NO5/c1-9(15)10(7-6-8-11(16)18-5)14-12(17)19-13(2,3)4/h10H,6-8H2,1-5H3,(H,14,17). The van der Waals surface area contributed by atoms with E-state index in [4.69, 9.17) is 4.74 Å². The quantitative estimate of drug-likeness (QED) is 0.746. The van der Waals surface area contributed by atoms with Gasteiger partial charge in [-0.15, -0.1) is 0 Å². The van der Waals surface area contributed by atoms with Crippen LogP contribution in [0.15, 0.2) is 0 Å². The molecule has 1 unspecified atom stereocenters. The molecular weight excluding hydrogens is 250 g/mol. The molecule has 0 saturated carbocycles. The van der Waals surface area contributed by atoms with E-state index in [1.807, 2.05) is 0 Å². The molecule has 1 amide bonds. The molecule has 0 fully saturated rings. The summed E-state index contributed by atoms with van der Waals surface area (Å²) in [5.74, 6) is -0.504. The van der Waals surface area contributed by atoms with E-state index in [0.717, 1.165) is 0 Å². The number of hydrogen-bond donors (Lipinski definition) is 1. The fourth-order valence-corrected chi connectivity index (χ4v) is 1.38. The van der Waals surface area contributed by atoms with Gasteiger partial charge in [0.05, 0.1) is 13.2 Å². The van der Waals surface area contributed by atoms with Crippen molar-refractivity contribution in [2.24, 2.45) is 0 Å². The number of rotatable bonds is 6. The van der Waals surface area contributed by atoms with Gasteiger partial charge in [0.2, 0.25) is 0 Å². The van der Waals surface area contributed by atoms with Crippen molar-refractivity contribution >= 4 is 17.8 Å². The van der Waals surface area contributed by atoms with E-state index >= 15 is 0 Å². The Morgan fingerprint density at radius 2 is 1.79 bits per heavy atom. The minimum absolute atomic E-state index is 0.171. The van der Waals surface area contributed by atoms with E-state index in [1.165, 1.54) is 14.0 Å². The van der Waals surface area contributed by atoms with Gasteiger partial charge in [-0.2, -0.15) is 0 Å². The van der Waals surface area contributed by atoms with Crippen LogP contribution < -0.4 is 5.32 Å². The van der Waals surface area contributed by atoms with Gasteiger partial charge in [0.15, 0.2) is 5.78 Å². The number of alkyl carbamates (subject to hydrolysis) is 1. The molecular formula is C13H23NO5. The molecule has 110 valence electrons. The van der Waals surface area contributed by atoms with Gasteiger partial charge in [-0.1, -0.05) is 0 Å². The lowest BCUT2D eigenvalue weighted by atomic mass is 10.1. The third-order valence-electron chi connectivity index (χ3n) is 2.28. The predicted octanol–water partition coefficient (Wildman–Crippen LogP) is 1.81. The predicted molar refractivity (Wildman–Crippen MR) is 69.7 cm³/mol. The zero-order chi connectivity index (χ0) is 15.1. The maximum Gasteiger partial charge on any atom is 0.408 e. The van der Waals surface area contributed by atoms with Crippen molar-refractivity contribution in [2.75, 3.05) is 7.11 Å². The second kappa shape index (κ2) is 7.76. The first-order chi connectivity index (χ1) is 8.65. The number of nitrogens with one attached hydrogen (secondary N) is 1. The summed E-state index contributed by atoms with van der Waals surface area (Å²) >= 11 is 0. The minimum atomic E-state index is -0.639. The van der Waals surface area contributed by atoms with Crippen molar-refractivity contribution in [1.82, 2.24) is 5.32 Å². The Labute approximate surface area is 113 Å².